The molecule has 2 N–H and O–H groups in total. The minimum absolute atomic E-state index is 0.263. The number of methoxy groups -OCH3 is 1. The SMILES string of the molecule is COCC(C)NC(=S)NC(C)C1CCCCC1. The molecule has 4 heteroatoms. The fraction of sp³-hybridized carbons (Fsp3) is 0.923. The third-order valence-electron chi connectivity index (χ3n) is 3.51. The Bertz CT molecular complexity index is 229. The molecule has 0 aromatic heterocycles. The van der Waals surface area contributed by atoms with Gasteiger partial charge in [0.25, 0.3) is 0 Å². The number of thiocarbonyl (C=S) groups is 1. The van der Waals surface area contributed by atoms with E-state index in [1.165, 1.54) is 32.1 Å². The van der Waals surface area contributed by atoms with Crippen LogP contribution in [0.2, 0.25) is 0 Å². The number of nitrogens with one attached hydrogen (secondary N) is 2. The van der Waals surface area contributed by atoms with Gasteiger partial charge >= 0.3 is 0 Å². The average molecular weight is 258 g/mol. The molecule has 2 unspecified atom stereocenters. The van der Waals surface area contributed by atoms with Gasteiger partial charge in [-0.25, -0.2) is 0 Å². The van der Waals surface area contributed by atoms with Crippen LogP contribution in [0.25, 0.3) is 0 Å². The number of ether oxygens (including phenoxy) is 1. The maximum absolute atomic E-state index is 5.31. The Balaban J connectivity index is 2.24. The predicted molar refractivity (Wildman–Crippen MR) is 76.2 cm³/mol. The average Bonchev–Trinajstić information content (AvgIpc) is 2.30. The van der Waals surface area contributed by atoms with Gasteiger partial charge in [-0.05, 0) is 44.8 Å². The van der Waals surface area contributed by atoms with Gasteiger partial charge in [0.05, 0.1) is 6.61 Å². The summed E-state index contributed by atoms with van der Waals surface area (Å²) in [5, 5.41) is 7.41. The lowest BCUT2D eigenvalue weighted by Crippen LogP contribution is -2.48. The van der Waals surface area contributed by atoms with Crippen LogP contribution < -0.4 is 10.6 Å². The van der Waals surface area contributed by atoms with Crippen LogP contribution in [0.1, 0.15) is 46.0 Å². The molecule has 0 aromatic carbocycles. The first kappa shape index (κ1) is 14.7. The van der Waals surface area contributed by atoms with Gasteiger partial charge in [-0.2, -0.15) is 0 Å². The molecular weight excluding hydrogens is 232 g/mol. The Morgan fingerprint density at radius 1 is 1.24 bits per heavy atom. The Kier molecular flexibility index (Phi) is 6.82. The molecule has 0 bridgehead atoms. The van der Waals surface area contributed by atoms with Gasteiger partial charge in [0.1, 0.15) is 0 Å². The Morgan fingerprint density at radius 3 is 2.47 bits per heavy atom. The van der Waals surface area contributed by atoms with Crippen LogP contribution in [0.4, 0.5) is 0 Å². The topological polar surface area (TPSA) is 33.3 Å². The Morgan fingerprint density at radius 2 is 1.88 bits per heavy atom. The summed E-state index contributed by atoms with van der Waals surface area (Å²) >= 11 is 5.31. The van der Waals surface area contributed by atoms with Crippen molar-refractivity contribution in [1.82, 2.24) is 10.6 Å². The van der Waals surface area contributed by atoms with Crippen LogP contribution in [-0.2, 0) is 4.74 Å². The Hall–Kier alpha value is -0.350. The van der Waals surface area contributed by atoms with Gasteiger partial charge in [-0.3, -0.25) is 0 Å². The van der Waals surface area contributed by atoms with E-state index in [-0.39, 0.29) is 6.04 Å². The van der Waals surface area contributed by atoms with Gasteiger partial charge in [0.2, 0.25) is 0 Å². The van der Waals surface area contributed by atoms with E-state index in [1.54, 1.807) is 7.11 Å². The summed E-state index contributed by atoms with van der Waals surface area (Å²) in [6.07, 6.45) is 6.82. The highest BCUT2D eigenvalue weighted by atomic mass is 32.1. The zero-order valence-corrected chi connectivity index (χ0v) is 12.1. The lowest BCUT2D eigenvalue weighted by Gasteiger charge is -2.29. The molecule has 0 aromatic rings. The highest BCUT2D eigenvalue weighted by Crippen LogP contribution is 2.26. The van der Waals surface area contributed by atoms with Crippen LogP contribution in [0, 0.1) is 5.92 Å². The summed E-state index contributed by atoms with van der Waals surface area (Å²) in [6.45, 7) is 4.99. The van der Waals surface area contributed by atoms with E-state index in [2.05, 4.69) is 24.5 Å². The van der Waals surface area contributed by atoms with Gasteiger partial charge < -0.3 is 15.4 Å². The first-order valence-electron chi connectivity index (χ1n) is 6.69. The molecule has 0 saturated heterocycles. The second kappa shape index (κ2) is 7.88. The molecule has 0 spiro atoms. The maximum Gasteiger partial charge on any atom is 0.166 e. The third-order valence-corrected chi connectivity index (χ3v) is 3.75. The summed E-state index contributed by atoms with van der Waals surface area (Å²) in [5.41, 5.74) is 0. The molecular formula is C13H26N2OS. The Labute approximate surface area is 111 Å². The highest BCUT2D eigenvalue weighted by Gasteiger charge is 2.20. The van der Waals surface area contributed by atoms with Crippen LogP contribution in [0.5, 0.6) is 0 Å². The monoisotopic (exact) mass is 258 g/mol. The van der Waals surface area contributed by atoms with Crippen molar-refractivity contribution in [3.8, 4) is 0 Å². The molecule has 1 fully saturated rings. The molecule has 1 aliphatic rings. The summed E-state index contributed by atoms with van der Waals surface area (Å²) in [7, 11) is 1.71. The molecule has 3 nitrogen and oxygen atoms in total. The van der Waals surface area contributed by atoms with Gasteiger partial charge in [-0.15, -0.1) is 0 Å². The smallest absolute Gasteiger partial charge is 0.166 e. The van der Waals surface area contributed by atoms with Crippen molar-refractivity contribution in [3.05, 3.63) is 0 Å². The summed E-state index contributed by atoms with van der Waals surface area (Å²) in [6, 6.07) is 0.739. The molecule has 0 aliphatic heterocycles. The molecule has 1 rings (SSSR count). The largest absolute Gasteiger partial charge is 0.383 e. The molecule has 1 saturated carbocycles. The lowest BCUT2D eigenvalue weighted by atomic mass is 9.85. The summed E-state index contributed by atoms with van der Waals surface area (Å²) < 4.78 is 5.08. The standard InChI is InChI=1S/C13H26N2OS/c1-10(9-16-3)14-13(17)15-11(2)12-7-5-4-6-8-12/h10-12H,4-9H2,1-3H3,(H2,14,15,17). The molecule has 17 heavy (non-hydrogen) atoms. The lowest BCUT2D eigenvalue weighted by molar-refractivity contribution is 0.179. The van der Waals surface area contributed by atoms with Crippen molar-refractivity contribution in [2.45, 2.75) is 58.0 Å². The zero-order chi connectivity index (χ0) is 12.7. The predicted octanol–water partition coefficient (Wildman–Crippen LogP) is 2.45. The quantitative estimate of drug-likeness (QED) is 0.742. The normalized spacial score (nSPS) is 20.6. The van der Waals surface area contributed by atoms with E-state index in [0.29, 0.717) is 12.6 Å². The number of hydrogen-bond acceptors (Lipinski definition) is 2. The van der Waals surface area contributed by atoms with Crippen LogP contribution in [0.3, 0.4) is 0 Å². The zero-order valence-electron chi connectivity index (χ0n) is 11.3. The van der Waals surface area contributed by atoms with E-state index in [9.17, 15) is 0 Å². The molecule has 0 heterocycles. The van der Waals surface area contributed by atoms with Crippen molar-refractivity contribution in [3.63, 3.8) is 0 Å². The van der Waals surface area contributed by atoms with E-state index in [1.807, 2.05) is 0 Å². The van der Waals surface area contributed by atoms with Crippen molar-refractivity contribution < 1.29 is 4.74 Å². The van der Waals surface area contributed by atoms with Gasteiger partial charge in [-0.1, -0.05) is 19.3 Å². The first-order valence-corrected chi connectivity index (χ1v) is 7.10. The highest BCUT2D eigenvalue weighted by molar-refractivity contribution is 7.80. The van der Waals surface area contributed by atoms with Crippen LogP contribution in [0.15, 0.2) is 0 Å². The van der Waals surface area contributed by atoms with Crippen molar-refractivity contribution >= 4 is 17.3 Å². The summed E-state index contributed by atoms with van der Waals surface area (Å²) in [5.74, 6) is 0.779. The van der Waals surface area contributed by atoms with E-state index >= 15 is 0 Å². The van der Waals surface area contributed by atoms with Gasteiger partial charge in [0.15, 0.2) is 5.11 Å². The van der Waals surface area contributed by atoms with E-state index < -0.39 is 0 Å². The fourth-order valence-corrected chi connectivity index (χ4v) is 2.90. The minimum atomic E-state index is 0.263. The van der Waals surface area contributed by atoms with Crippen LogP contribution in [-0.4, -0.2) is 30.9 Å². The molecule has 100 valence electrons. The van der Waals surface area contributed by atoms with Crippen molar-refractivity contribution in [2.75, 3.05) is 13.7 Å². The summed E-state index contributed by atoms with van der Waals surface area (Å²) in [4.78, 5) is 0. The second-order valence-corrected chi connectivity index (χ2v) is 5.57. The molecule has 1 aliphatic carbocycles. The van der Waals surface area contributed by atoms with Gasteiger partial charge in [0, 0.05) is 19.2 Å². The molecule has 2 atom stereocenters. The molecule has 0 amide bonds. The van der Waals surface area contributed by atoms with Crippen molar-refractivity contribution in [1.29, 1.82) is 0 Å². The third kappa shape index (κ3) is 5.68. The number of hydrogen-bond donors (Lipinski definition) is 2. The number of rotatable bonds is 5. The molecule has 0 radical (unpaired) electrons. The fourth-order valence-electron chi connectivity index (χ4n) is 2.52. The van der Waals surface area contributed by atoms with E-state index in [0.717, 1.165) is 11.0 Å². The maximum atomic E-state index is 5.31. The van der Waals surface area contributed by atoms with Crippen molar-refractivity contribution in [2.24, 2.45) is 5.92 Å². The second-order valence-electron chi connectivity index (χ2n) is 5.16. The van der Waals surface area contributed by atoms with Crippen LogP contribution >= 0.6 is 12.2 Å². The van der Waals surface area contributed by atoms with E-state index in [4.69, 9.17) is 17.0 Å². The first-order chi connectivity index (χ1) is 8.13. The minimum Gasteiger partial charge on any atom is -0.383 e.